The Bertz CT molecular complexity index is 418. The Kier molecular flexibility index (Phi) is 3.35. The molecular formula is C15H23N3. The number of pyridine rings is 1. The molecule has 0 saturated carbocycles. The summed E-state index contributed by atoms with van der Waals surface area (Å²) in [5, 5.41) is 0. The van der Waals surface area contributed by atoms with Gasteiger partial charge in [0.2, 0.25) is 0 Å². The van der Waals surface area contributed by atoms with Gasteiger partial charge >= 0.3 is 0 Å². The summed E-state index contributed by atoms with van der Waals surface area (Å²) in [5.41, 5.74) is 2.34. The molecule has 1 aromatic rings. The van der Waals surface area contributed by atoms with E-state index in [2.05, 4.69) is 46.8 Å². The van der Waals surface area contributed by atoms with Crippen molar-refractivity contribution in [3.8, 4) is 0 Å². The van der Waals surface area contributed by atoms with E-state index in [-0.39, 0.29) is 0 Å². The van der Waals surface area contributed by atoms with Crippen molar-refractivity contribution in [2.24, 2.45) is 0 Å². The van der Waals surface area contributed by atoms with Crippen LogP contribution in [0.2, 0.25) is 0 Å². The lowest BCUT2D eigenvalue weighted by Gasteiger charge is -2.42. The second-order valence-electron chi connectivity index (χ2n) is 5.84. The fourth-order valence-electron chi connectivity index (χ4n) is 3.36. The van der Waals surface area contributed by atoms with Crippen molar-refractivity contribution in [2.45, 2.75) is 45.3 Å². The molecule has 0 unspecified atom stereocenters. The van der Waals surface area contributed by atoms with Gasteiger partial charge in [0, 0.05) is 37.4 Å². The summed E-state index contributed by atoms with van der Waals surface area (Å²) in [6.07, 6.45) is 2.76. The summed E-state index contributed by atoms with van der Waals surface area (Å²) < 4.78 is 0. The zero-order valence-corrected chi connectivity index (χ0v) is 11.5. The highest BCUT2D eigenvalue weighted by molar-refractivity contribution is 5.10. The van der Waals surface area contributed by atoms with Gasteiger partial charge in [-0.2, -0.15) is 0 Å². The van der Waals surface area contributed by atoms with Crippen LogP contribution in [0.1, 0.15) is 31.2 Å². The predicted octanol–water partition coefficient (Wildman–Crippen LogP) is 2.06. The monoisotopic (exact) mass is 245 g/mol. The fraction of sp³-hybridized carbons (Fsp3) is 0.667. The zero-order valence-electron chi connectivity index (χ0n) is 11.5. The molecule has 2 saturated heterocycles. The van der Waals surface area contributed by atoms with E-state index in [4.69, 9.17) is 0 Å². The van der Waals surface area contributed by atoms with Crippen molar-refractivity contribution < 1.29 is 0 Å². The molecule has 2 atom stereocenters. The zero-order chi connectivity index (χ0) is 12.5. The average Bonchev–Trinajstić information content (AvgIpc) is 2.76. The molecule has 1 aromatic heterocycles. The van der Waals surface area contributed by atoms with Gasteiger partial charge < -0.3 is 0 Å². The van der Waals surface area contributed by atoms with Crippen molar-refractivity contribution in [2.75, 3.05) is 19.6 Å². The van der Waals surface area contributed by atoms with Crippen LogP contribution in [0.5, 0.6) is 0 Å². The largest absolute Gasteiger partial charge is 0.298 e. The van der Waals surface area contributed by atoms with E-state index in [1.165, 1.54) is 38.2 Å². The molecule has 0 radical (unpaired) electrons. The Morgan fingerprint density at radius 2 is 2.22 bits per heavy atom. The van der Waals surface area contributed by atoms with Gasteiger partial charge in [0.15, 0.2) is 0 Å². The van der Waals surface area contributed by atoms with Crippen LogP contribution in [0.15, 0.2) is 18.2 Å². The number of nitrogens with zero attached hydrogens (tertiary/aromatic N) is 3. The second-order valence-corrected chi connectivity index (χ2v) is 5.84. The highest BCUT2D eigenvalue weighted by Gasteiger charge is 2.34. The van der Waals surface area contributed by atoms with Gasteiger partial charge in [0.1, 0.15) is 0 Å². The van der Waals surface area contributed by atoms with E-state index in [1.54, 1.807) is 0 Å². The molecule has 2 fully saturated rings. The third-order valence-electron chi connectivity index (χ3n) is 4.38. The van der Waals surface area contributed by atoms with Gasteiger partial charge in [-0.05, 0) is 45.4 Å². The van der Waals surface area contributed by atoms with Crippen molar-refractivity contribution >= 4 is 0 Å². The molecule has 98 valence electrons. The first-order valence-corrected chi connectivity index (χ1v) is 7.13. The summed E-state index contributed by atoms with van der Waals surface area (Å²) in [6, 6.07) is 7.80. The van der Waals surface area contributed by atoms with Crippen LogP contribution in [0.4, 0.5) is 0 Å². The quantitative estimate of drug-likeness (QED) is 0.795. The molecule has 0 N–H and O–H groups in total. The summed E-state index contributed by atoms with van der Waals surface area (Å²) in [6.45, 7) is 9.19. The topological polar surface area (TPSA) is 19.4 Å². The normalized spacial score (nSPS) is 29.4. The lowest BCUT2D eigenvalue weighted by Crippen LogP contribution is -2.54. The molecule has 0 bridgehead atoms. The first-order chi connectivity index (χ1) is 8.72. The average molecular weight is 245 g/mol. The molecular weight excluding hydrogens is 222 g/mol. The number of aromatic nitrogens is 1. The third-order valence-corrected chi connectivity index (χ3v) is 4.38. The van der Waals surface area contributed by atoms with Gasteiger partial charge in [-0.3, -0.25) is 14.8 Å². The van der Waals surface area contributed by atoms with Crippen molar-refractivity contribution in [3.05, 3.63) is 29.6 Å². The Hall–Kier alpha value is -0.930. The lowest BCUT2D eigenvalue weighted by atomic mass is 10.1. The number of fused-ring (bicyclic) bond motifs is 1. The maximum atomic E-state index is 4.63. The number of hydrogen-bond acceptors (Lipinski definition) is 3. The smallest absolute Gasteiger partial charge is 0.0547 e. The molecule has 0 aromatic carbocycles. The predicted molar refractivity (Wildman–Crippen MR) is 73.4 cm³/mol. The number of hydrogen-bond donors (Lipinski definition) is 0. The number of piperazine rings is 1. The standard InChI is InChI=1S/C15H23N3/c1-12-5-3-6-14(16-12)10-18-11-15-7-4-8-17(15)9-13(18)2/h3,5-6,13,15H,4,7-11H2,1-2H3/t13-,15+/m1/s1. The van der Waals surface area contributed by atoms with E-state index < -0.39 is 0 Å². The summed E-state index contributed by atoms with van der Waals surface area (Å²) in [7, 11) is 0. The Labute approximate surface area is 110 Å². The Morgan fingerprint density at radius 1 is 1.33 bits per heavy atom. The van der Waals surface area contributed by atoms with E-state index in [1.807, 2.05) is 0 Å². The minimum atomic E-state index is 0.654. The third kappa shape index (κ3) is 2.43. The molecule has 0 aliphatic carbocycles. The van der Waals surface area contributed by atoms with Crippen LogP contribution in [-0.2, 0) is 6.54 Å². The van der Waals surface area contributed by atoms with Crippen molar-refractivity contribution in [3.63, 3.8) is 0 Å². The maximum Gasteiger partial charge on any atom is 0.0547 e. The SMILES string of the molecule is Cc1cccc(CN2C[C@@H]3CCCN3C[C@H]2C)n1. The van der Waals surface area contributed by atoms with Gasteiger partial charge in [0.05, 0.1) is 5.69 Å². The molecule has 18 heavy (non-hydrogen) atoms. The highest BCUT2D eigenvalue weighted by atomic mass is 15.3. The van der Waals surface area contributed by atoms with Crippen molar-refractivity contribution in [1.82, 2.24) is 14.8 Å². The number of aryl methyl sites for hydroxylation is 1. The van der Waals surface area contributed by atoms with Crippen LogP contribution < -0.4 is 0 Å². The molecule has 3 heterocycles. The molecule has 3 nitrogen and oxygen atoms in total. The summed E-state index contributed by atoms with van der Waals surface area (Å²) in [4.78, 5) is 9.91. The van der Waals surface area contributed by atoms with Crippen LogP contribution >= 0.6 is 0 Å². The van der Waals surface area contributed by atoms with Gasteiger partial charge in [-0.1, -0.05) is 6.07 Å². The molecule has 0 spiro atoms. The van der Waals surface area contributed by atoms with Gasteiger partial charge in [-0.15, -0.1) is 0 Å². The van der Waals surface area contributed by atoms with Gasteiger partial charge in [0.25, 0.3) is 0 Å². The van der Waals surface area contributed by atoms with Crippen LogP contribution in [-0.4, -0.2) is 46.5 Å². The first-order valence-electron chi connectivity index (χ1n) is 7.13. The lowest BCUT2D eigenvalue weighted by molar-refractivity contribution is 0.0531. The molecule has 3 heteroatoms. The molecule has 2 aliphatic heterocycles. The van der Waals surface area contributed by atoms with E-state index in [9.17, 15) is 0 Å². The molecule has 2 aliphatic rings. The van der Waals surface area contributed by atoms with Crippen LogP contribution in [0, 0.1) is 6.92 Å². The summed E-state index contributed by atoms with van der Waals surface area (Å²) >= 11 is 0. The Balaban J connectivity index is 1.68. The minimum Gasteiger partial charge on any atom is -0.298 e. The maximum absolute atomic E-state index is 4.63. The second kappa shape index (κ2) is 4.98. The molecule has 0 amide bonds. The minimum absolute atomic E-state index is 0.654. The van der Waals surface area contributed by atoms with Crippen LogP contribution in [0.3, 0.4) is 0 Å². The first kappa shape index (κ1) is 12.1. The highest BCUT2D eigenvalue weighted by Crippen LogP contribution is 2.25. The van der Waals surface area contributed by atoms with Crippen LogP contribution in [0.25, 0.3) is 0 Å². The number of rotatable bonds is 2. The van der Waals surface area contributed by atoms with E-state index in [0.717, 1.165) is 18.3 Å². The summed E-state index contributed by atoms with van der Waals surface area (Å²) in [5.74, 6) is 0. The van der Waals surface area contributed by atoms with E-state index >= 15 is 0 Å². The van der Waals surface area contributed by atoms with Gasteiger partial charge in [-0.25, -0.2) is 0 Å². The fourth-order valence-corrected chi connectivity index (χ4v) is 3.36. The van der Waals surface area contributed by atoms with Crippen molar-refractivity contribution in [1.29, 1.82) is 0 Å². The molecule has 3 rings (SSSR count). The van der Waals surface area contributed by atoms with E-state index in [0.29, 0.717) is 6.04 Å². The Morgan fingerprint density at radius 3 is 3.06 bits per heavy atom.